The zero-order chi connectivity index (χ0) is 19.8. The van der Waals surface area contributed by atoms with Crippen molar-refractivity contribution in [3.8, 4) is 11.5 Å². The number of aryl methyl sites for hydroxylation is 1. The van der Waals surface area contributed by atoms with Crippen LogP contribution in [0.4, 0.5) is 0 Å². The molecule has 1 aromatic heterocycles. The van der Waals surface area contributed by atoms with Gasteiger partial charge >= 0.3 is 5.97 Å². The summed E-state index contributed by atoms with van der Waals surface area (Å²) in [7, 11) is 1.54. The second-order valence-electron chi connectivity index (χ2n) is 6.16. The summed E-state index contributed by atoms with van der Waals surface area (Å²) >= 11 is 0. The van der Waals surface area contributed by atoms with Crippen LogP contribution in [0.2, 0.25) is 0 Å². The average molecular weight is 371 g/mol. The van der Waals surface area contributed by atoms with Crippen LogP contribution in [-0.2, 0) is 4.79 Å². The molecule has 4 heteroatoms. The van der Waals surface area contributed by atoms with Gasteiger partial charge in [-0.05, 0) is 54.5 Å². The van der Waals surface area contributed by atoms with Crippen molar-refractivity contribution >= 4 is 24.2 Å². The van der Waals surface area contributed by atoms with Gasteiger partial charge in [-0.25, -0.2) is 4.79 Å². The molecular formula is C24H21NO3. The quantitative estimate of drug-likeness (QED) is 0.340. The van der Waals surface area contributed by atoms with Crippen molar-refractivity contribution in [1.82, 2.24) is 4.98 Å². The lowest BCUT2D eigenvalue weighted by molar-refractivity contribution is -0.129. The topological polar surface area (TPSA) is 48.4 Å². The maximum atomic E-state index is 12.1. The highest BCUT2D eigenvalue weighted by Gasteiger charge is 2.08. The van der Waals surface area contributed by atoms with Gasteiger partial charge in [0.1, 0.15) is 0 Å². The molecule has 1 heterocycles. The Bertz CT molecular complexity index is 990. The number of nitrogens with zero attached hydrogens (tertiary/aromatic N) is 1. The van der Waals surface area contributed by atoms with Crippen LogP contribution in [-0.4, -0.2) is 18.1 Å². The van der Waals surface area contributed by atoms with Crippen molar-refractivity contribution in [1.29, 1.82) is 0 Å². The SMILES string of the molecule is COc1cc(/C=C/c2ccccn2)ccc1OC(=O)/C=C/c1ccc(C)cc1. The summed E-state index contributed by atoms with van der Waals surface area (Å²) < 4.78 is 10.8. The van der Waals surface area contributed by atoms with Gasteiger partial charge in [0.05, 0.1) is 12.8 Å². The van der Waals surface area contributed by atoms with Gasteiger partial charge in [0, 0.05) is 12.3 Å². The fourth-order valence-corrected chi connectivity index (χ4v) is 2.51. The number of aromatic nitrogens is 1. The maximum Gasteiger partial charge on any atom is 0.336 e. The van der Waals surface area contributed by atoms with Crippen molar-refractivity contribution in [3.05, 3.63) is 95.3 Å². The minimum atomic E-state index is -0.462. The van der Waals surface area contributed by atoms with Gasteiger partial charge in [-0.2, -0.15) is 0 Å². The Balaban J connectivity index is 1.69. The molecule has 3 rings (SSSR count). The van der Waals surface area contributed by atoms with Gasteiger partial charge < -0.3 is 9.47 Å². The molecule has 0 saturated heterocycles. The third-order valence-electron chi connectivity index (χ3n) is 4.02. The van der Waals surface area contributed by atoms with E-state index in [4.69, 9.17) is 9.47 Å². The van der Waals surface area contributed by atoms with E-state index >= 15 is 0 Å². The molecule has 140 valence electrons. The number of carbonyl (C=O) groups excluding carboxylic acids is 1. The smallest absolute Gasteiger partial charge is 0.336 e. The fourth-order valence-electron chi connectivity index (χ4n) is 2.51. The lowest BCUT2D eigenvalue weighted by atomic mass is 10.1. The molecule has 0 bridgehead atoms. The van der Waals surface area contributed by atoms with Crippen LogP contribution in [0.1, 0.15) is 22.4 Å². The molecule has 0 spiro atoms. The molecule has 4 nitrogen and oxygen atoms in total. The van der Waals surface area contributed by atoms with E-state index in [0.717, 1.165) is 16.8 Å². The minimum Gasteiger partial charge on any atom is -0.493 e. The van der Waals surface area contributed by atoms with Crippen molar-refractivity contribution in [2.75, 3.05) is 7.11 Å². The summed E-state index contributed by atoms with van der Waals surface area (Å²) in [5.41, 5.74) is 3.88. The monoisotopic (exact) mass is 371 g/mol. The number of hydrogen-bond acceptors (Lipinski definition) is 4. The lowest BCUT2D eigenvalue weighted by Crippen LogP contribution is -2.05. The molecule has 0 fully saturated rings. The molecule has 0 amide bonds. The second-order valence-corrected chi connectivity index (χ2v) is 6.16. The Morgan fingerprint density at radius 1 is 0.893 bits per heavy atom. The maximum absolute atomic E-state index is 12.1. The predicted molar refractivity (Wildman–Crippen MR) is 112 cm³/mol. The zero-order valence-electron chi connectivity index (χ0n) is 15.8. The molecule has 0 saturated carbocycles. The summed E-state index contributed by atoms with van der Waals surface area (Å²) in [4.78, 5) is 16.4. The van der Waals surface area contributed by atoms with Gasteiger partial charge in [0.25, 0.3) is 0 Å². The summed E-state index contributed by atoms with van der Waals surface area (Å²) in [5.74, 6) is 0.395. The van der Waals surface area contributed by atoms with Gasteiger partial charge in [-0.1, -0.05) is 48.0 Å². The number of esters is 1. The molecule has 0 N–H and O–H groups in total. The number of rotatable bonds is 6. The average Bonchev–Trinajstić information content (AvgIpc) is 2.73. The van der Waals surface area contributed by atoms with E-state index in [1.165, 1.54) is 11.6 Å². The Labute approximate surface area is 164 Å². The fraction of sp³-hybridized carbons (Fsp3) is 0.0833. The molecular weight excluding hydrogens is 350 g/mol. The number of ether oxygens (including phenoxy) is 2. The van der Waals surface area contributed by atoms with Crippen LogP contribution in [0.15, 0.2) is 72.9 Å². The first-order valence-corrected chi connectivity index (χ1v) is 8.88. The molecule has 3 aromatic rings. The van der Waals surface area contributed by atoms with Crippen LogP contribution in [0.25, 0.3) is 18.2 Å². The molecule has 0 aliphatic rings. The van der Waals surface area contributed by atoms with E-state index in [1.54, 1.807) is 25.4 Å². The van der Waals surface area contributed by atoms with Gasteiger partial charge in [0.2, 0.25) is 0 Å². The molecule has 0 radical (unpaired) electrons. The van der Waals surface area contributed by atoms with E-state index in [-0.39, 0.29) is 0 Å². The van der Waals surface area contributed by atoms with E-state index < -0.39 is 5.97 Å². The zero-order valence-corrected chi connectivity index (χ0v) is 15.8. The van der Waals surface area contributed by atoms with Crippen molar-refractivity contribution in [2.45, 2.75) is 6.92 Å². The summed E-state index contributed by atoms with van der Waals surface area (Å²) in [6.45, 7) is 2.02. The van der Waals surface area contributed by atoms with Crippen LogP contribution in [0, 0.1) is 6.92 Å². The summed E-state index contributed by atoms with van der Waals surface area (Å²) in [6, 6.07) is 19.0. The highest BCUT2D eigenvalue weighted by atomic mass is 16.6. The van der Waals surface area contributed by atoms with Crippen LogP contribution >= 0.6 is 0 Å². The number of carbonyl (C=O) groups is 1. The first-order chi connectivity index (χ1) is 13.6. The molecule has 0 aliphatic carbocycles. The van der Waals surface area contributed by atoms with Crippen LogP contribution in [0.3, 0.4) is 0 Å². The molecule has 28 heavy (non-hydrogen) atoms. The normalized spacial score (nSPS) is 11.1. The van der Waals surface area contributed by atoms with Gasteiger partial charge in [0.15, 0.2) is 11.5 Å². The third kappa shape index (κ3) is 5.42. The molecule has 2 aromatic carbocycles. The minimum absolute atomic E-state index is 0.371. The Morgan fingerprint density at radius 3 is 2.39 bits per heavy atom. The van der Waals surface area contributed by atoms with Crippen molar-refractivity contribution < 1.29 is 14.3 Å². The first kappa shape index (κ1) is 19.1. The Kier molecular flexibility index (Phi) is 6.37. The van der Waals surface area contributed by atoms with E-state index in [1.807, 2.05) is 73.7 Å². The van der Waals surface area contributed by atoms with E-state index in [9.17, 15) is 4.79 Å². The molecule has 0 aliphatic heterocycles. The number of benzene rings is 2. The number of methoxy groups -OCH3 is 1. The molecule has 0 unspecified atom stereocenters. The highest BCUT2D eigenvalue weighted by molar-refractivity contribution is 5.89. The number of pyridine rings is 1. The first-order valence-electron chi connectivity index (χ1n) is 8.88. The van der Waals surface area contributed by atoms with Gasteiger partial charge in [-0.15, -0.1) is 0 Å². The highest BCUT2D eigenvalue weighted by Crippen LogP contribution is 2.29. The number of hydrogen-bond donors (Lipinski definition) is 0. The lowest BCUT2D eigenvalue weighted by Gasteiger charge is -2.08. The largest absolute Gasteiger partial charge is 0.493 e. The van der Waals surface area contributed by atoms with E-state index in [0.29, 0.717) is 11.5 Å². The van der Waals surface area contributed by atoms with Crippen LogP contribution < -0.4 is 9.47 Å². The summed E-state index contributed by atoms with van der Waals surface area (Å²) in [5, 5.41) is 0. The third-order valence-corrected chi connectivity index (χ3v) is 4.02. The van der Waals surface area contributed by atoms with Crippen molar-refractivity contribution in [3.63, 3.8) is 0 Å². The van der Waals surface area contributed by atoms with Crippen molar-refractivity contribution in [2.24, 2.45) is 0 Å². The standard InChI is InChI=1S/C24H21NO3/c1-18-6-8-19(9-7-18)12-15-24(26)28-22-14-11-20(17-23(22)27-2)10-13-21-5-3-4-16-25-21/h3-17H,1-2H3/b13-10+,15-12+. The molecule has 0 atom stereocenters. The van der Waals surface area contributed by atoms with E-state index in [2.05, 4.69) is 4.98 Å². The Hall–Kier alpha value is -3.66. The Morgan fingerprint density at radius 2 is 1.68 bits per heavy atom. The van der Waals surface area contributed by atoms with Gasteiger partial charge in [-0.3, -0.25) is 4.98 Å². The summed E-state index contributed by atoms with van der Waals surface area (Å²) in [6.07, 6.45) is 8.70. The van der Waals surface area contributed by atoms with Crippen LogP contribution in [0.5, 0.6) is 11.5 Å². The second kappa shape index (κ2) is 9.33. The predicted octanol–water partition coefficient (Wildman–Crippen LogP) is 5.19.